The highest BCUT2D eigenvalue weighted by molar-refractivity contribution is 6.19. The number of fused-ring (bicyclic) bond motifs is 3. The topological polar surface area (TPSA) is 104 Å². The number of aromatic nitrogens is 2. The number of primary amides is 1. The Morgan fingerprint density at radius 1 is 1.13 bits per heavy atom. The molecule has 2 amide bonds. The van der Waals surface area contributed by atoms with Crippen LogP contribution in [0.25, 0.3) is 32.9 Å². The number of benzene rings is 3. The predicted molar refractivity (Wildman–Crippen MR) is 148 cm³/mol. The molecule has 3 aromatic carbocycles. The molecule has 0 radical (unpaired) electrons. The van der Waals surface area contributed by atoms with Crippen LogP contribution in [0.5, 0.6) is 0 Å². The standard InChI is InChI=1S/C30H29FN4O4/c1-18-28(19(2)39-33-18)21-13-25(30(32)37)29-24-15-23(34(17-36)11-4-12-38-3)9-10-26(24)35(27(29)14-21)16-20-5-7-22(31)8-6-20/h5-10,13-15,17H,4,11-12,16H2,1-3H3,(H2,32,37). The molecule has 0 unspecified atom stereocenters. The number of carbonyl (C=O) groups excluding carboxylic acids is 2. The number of hydrogen-bond donors (Lipinski definition) is 1. The van der Waals surface area contributed by atoms with E-state index >= 15 is 0 Å². The average Bonchev–Trinajstić information content (AvgIpc) is 3.42. The van der Waals surface area contributed by atoms with Gasteiger partial charge in [-0.2, -0.15) is 0 Å². The van der Waals surface area contributed by atoms with E-state index in [-0.39, 0.29) is 5.82 Å². The van der Waals surface area contributed by atoms with Gasteiger partial charge >= 0.3 is 0 Å². The molecule has 0 saturated carbocycles. The molecular formula is C30H29FN4O4. The van der Waals surface area contributed by atoms with E-state index in [0.717, 1.165) is 39.5 Å². The van der Waals surface area contributed by atoms with Crippen LogP contribution < -0.4 is 10.6 Å². The highest BCUT2D eigenvalue weighted by atomic mass is 19.1. The van der Waals surface area contributed by atoms with Crippen LogP contribution >= 0.6 is 0 Å². The van der Waals surface area contributed by atoms with Gasteiger partial charge < -0.3 is 24.5 Å². The SMILES string of the molecule is COCCCN(C=O)c1ccc2c(c1)c1c(C(N)=O)cc(-c3c(C)noc3C)cc1n2Cc1ccc(F)cc1. The van der Waals surface area contributed by atoms with Gasteiger partial charge in [-0.25, -0.2) is 4.39 Å². The first kappa shape index (κ1) is 26.1. The van der Waals surface area contributed by atoms with Gasteiger partial charge in [0, 0.05) is 59.9 Å². The molecule has 9 heteroatoms. The zero-order chi connectivity index (χ0) is 27.7. The van der Waals surface area contributed by atoms with E-state index < -0.39 is 5.91 Å². The van der Waals surface area contributed by atoms with Crippen LogP contribution in [0.1, 0.15) is 33.8 Å². The second kappa shape index (κ2) is 10.7. The summed E-state index contributed by atoms with van der Waals surface area (Å²) in [7, 11) is 1.62. The maximum absolute atomic E-state index is 13.6. The van der Waals surface area contributed by atoms with Gasteiger partial charge in [0.15, 0.2) is 0 Å². The lowest BCUT2D eigenvalue weighted by Crippen LogP contribution is -2.23. The van der Waals surface area contributed by atoms with Crippen molar-refractivity contribution in [1.29, 1.82) is 0 Å². The Labute approximate surface area is 224 Å². The van der Waals surface area contributed by atoms with Crippen LogP contribution in [0.3, 0.4) is 0 Å². The largest absolute Gasteiger partial charge is 0.385 e. The van der Waals surface area contributed by atoms with Crippen molar-refractivity contribution in [3.8, 4) is 11.1 Å². The van der Waals surface area contributed by atoms with Crippen molar-refractivity contribution in [3.63, 3.8) is 0 Å². The number of nitrogens with zero attached hydrogens (tertiary/aromatic N) is 3. The average molecular weight is 529 g/mol. The monoisotopic (exact) mass is 528 g/mol. The summed E-state index contributed by atoms with van der Waals surface area (Å²) in [6.45, 7) is 5.10. The molecular weight excluding hydrogens is 499 g/mol. The fourth-order valence-corrected chi connectivity index (χ4v) is 5.19. The minimum Gasteiger partial charge on any atom is -0.385 e. The van der Waals surface area contributed by atoms with Crippen molar-refractivity contribution in [2.75, 3.05) is 25.2 Å². The van der Waals surface area contributed by atoms with Crippen LogP contribution in [0.4, 0.5) is 10.1 Å². The van der Waals surface area contributed by atoms with Gasteiger partial charge in [-0.1, -0.05) is 17.3 Å². The zero-order valence-corrected chi connectivity index (χ0v) is 22.0. The maximum Gasteiger partial charge on any atom is 0.249 e. The van der Waals surface area contributed by atoms with Crippen molar-refractivity contribution in [1.82, 2.24) is 9.72 Å². The number of nitrogens with two attached hydrogens (primary N) is 1. The molecule has 5 aromatic rings. The summed E-state index contributed by atoms with van der Waals surface area (Å²) in [6, 6.07) is 15.8. The molecule has 5 rings (SSSR count). The molecule has 39 heavy (non-hydrogen) atoms. The van der Waals surface area contributed by atoms with Gasteiger partial charge in [-0.15, -0.1) is 0 Å². The third-order valence-electron chi connectivity index (χ3n) is 7.00. The Hall–Kier alpha value is -4.50. The van der Waals surface area contributed by atoms with Crippen LogP contribution in [-0.4, -0.2) is 42.3 Å². The van der Waals surface area contributed by atoms with Crippen molar-refractivity contribution in [2.45, 2.75) is 26.8 Å². The van der Waals surface area contributed by atoms with Gasteiger partial charge in [-0.05, 0) is 73.9 Å². The highest BCUT2D eigenvalue weighted by Crippen LogP contribution is 2.39. The summed E-state index contributed by atoms with van der Waals surface area (Å²) >= 11 is 0. The lowest BCUT2D eigenvalue weighted by atomic mass is 9.97. The fourth-order valence-electron chi connectivity index (χ4n) is 5.19. The second-order valence-corrected chi connectivity index (χ2v) is 9.54. The molecule has 0 aliphatic carbocycles. The number of amides is 2. The second-order valence-electron chi connectivity index (χ2n) is 9.54. The smallest absolute Gasteiger partial charge is 0.249 e. The van der Waals surface area contributed by atoms with Gasteiger partial charge in [0.1, 0.15) is 11.6 Å². The van der Waals surface area contributed by atoms with Gasteiger partial charge in [-0.3, -0.25) is 9.59 Å². The molecule has 0 bridgehead atoms. The third kappa shape index (κ3) is 4.88. The maximum atomic E-state index is 13.6. The summed E-state index contributed by atoms with van der Waals surface area (Å²) < 4.78 is 26.3. The zero-order valence-electron chi connectivity index (χ0n) is 22.0. The summed E-state index contributed by atoms with van der Waals surface area (Å²) in [5, 5.41) is 5.54. The van der Waals surface area contributed by atoms with E-state index in [1.54, 1.807) is 30.2 Å². The molecule has 0 fully saturated rings. The molecule has 2 aromatic heterocycles. The van der Waals surface area contributed by atoms with Crippen molar-refractivity contribution >= 4 is 39.8 Å². The summed E-state index contributed by atoms with van der Waals surface area (Å²) in [5.74, 6) is -0.264. The summed E-state index contributed by atoms with van der Waals surface area (Å²) in [4.78, 5) is 26.4. The number of carbonyl (C=O) groups is 2. The first-order valence-corrected chi connectivity index (χ1v) is 12.6. The van der Waals surface area contributed by atoms with Crippen LogP contribution in [-0.2, 0) is 16.1 Å². The van der Waals surface area contributed by atoms with Gasteiger partial charge in [0.05, 0.1) is 11.2 Å². The predicted octanol–water partition coefficient (Wildman–Crippen LogP) is 5.35. The van der Waals surface area contributed by atoms with Crippen molar-refractivity contribution < 1.29 is 23.2 Å². The highest BCUT2D eigenvalue weighted by Gasteiger charge is 2.22. The van der Waals surface area contributed by atoms with E-state index in [9.17, 15) is 14.0 Å². The number of aryl methyl sites for hydroxylation is 2. The molecule has 2 N–H and O–H groups in total. The number of hydrogen-bond acceptors (Lipinski definition) is 5. The number of rotatable bonds is 10. The number of anilines is 1. The van der Waals surface area contributed by atoms with E-state index in [0.29, 0.717) is 54.2 Å². The Kier molecular flexibility index (Phi) is 7.17. The molecule has 8 nitrogen and oxygen atoms in total. The fraction of sp³-hybridized carbons (Fsp3) is 0.233. The first-order chi connectivity index (χ1) is 18.8. The molecule has 2 heterocycles. The minimum absolute atomic E-state index is 0.315. The molecule has 0 saturated heterocycles. The Morgan fingerprint density at radius 2 is 1.90 bits per heavy atom. The minimum atomic E-state index is -0.577. The van der Waals surface area contributed by atoms with E-state index in [1.165, 1.54) is 12.1 Å². The molecule has 0 atom stereocenters. The van der Waals surface area contributed by atoms with Crippen LogP contribution in [0.15, 0.2) is 59.1 Å². The van der Waals surface area contributed by atoms with Crippen LogP contribution in [0.2, 0.25) is 0 Å². The van der Waals surface area contributed by atoms with E-state index in [1.807, 2.05) is 38.1 Å². The Morgan fingerprint density at radius 3 is 2.54 bits per heavy atom. The Balaban J connectivity index is 1.79. The number of methoxy groups -OCH3 is 1. The number of halogens is 1. The lowest BCUT2D eigenvalue weighted by molar-refractivity contribution is -0.107. The normalized spacial score (nSPS) is 11.4. The van der Waals surface area contributed by atoms with Gasteiger partial charge in [0.25, 0.3) is 0 Å². The quantitative estimate of drug-likeness (QED) is 0.194. The Bertz CT molecular complexity index is 1670. The number of ether oxygens (including phenoxy) is 1. The molecule has 0 spiro atoms. The molecule has 0 aliphatic rings. The van der Waals surface area contributed by atoms with E-state index in [2.05, 4.69) is 9.72 Å². The molecule has 0 aliphatic heterocycles. The van der Waals surface area contributed by atoms with E-state index in [4.69, 9.17) is 15.0 Å². The van der Waals surface area contributed by atoms with Crippen molar-refractivity contribution in [3.05, 3.63) is 83.0 Å². The third-order valence-corrected chi connectivity index (χ3v) is 7.00. The summed E-state index contributed by atoms with van der Waals surface area (Å²) in [6.07, 6.45) is 1.46. The first-order valence-electron chi connectivity index (χ1n) is 12.6. The van der Waals surface area contributed by atoms with Crippen molar-refractivity contribution in [2.24, 2.45) is 5.73 Å². The van der Waals surface area contributed by atoms with Gasteiger partial charge in [0.2, 0.25) is 12.3 Å². The van der Waals surface area contributed by atoms with Crippen LogP contribution in [0, 0.1) is 19.7 Å². The summed E-state index contributed by atoms with van der Waals surface area (Å²) in [5.41, 5.74) is 11.7. The molecule has 200 valence electrons. The lowest BCUT2D eigenvalue weighted by Gasteiger charge is -2.17.